The van der Waals surface area contributed by atoms with Crippen molar-refractivity contribution in [3.8, 4) is 11.3 Å². The molecule has 0 aliphatic carbocycles. The molecule has 0 bridgehead atoms. The molecule has 0 atom stereocenters. The minimum Gasteiger partial charge on any atom is -0.478 e. The molecule has 0 radical (unpaired) electrons. The van der Waals surface area contributed by atoms with E-state index < -0.39 is 11.5 Å². The average Bonchev–Trinajstić information content (AvgIpc) is 2.39. The molecule has 2 N–H and O–H groups in total. The third kappa shape index (κ3) is 3.10. The molecule has 0 fully saturated rings. The molecule has 0 saturated carbocycles. The summed E-state index contributed by atoms with van der Waals surface area (Å²) in [6, 6.07) is 10.3. The Morgan fingerprint density at radius 3 is 2.47 bits per heavy atom. The molecule has 1 aromatic heterocycles. The Morgan fingerprint density at radius 2 is 1.89 bits per heavy atom. The van der Waals surface area contributed by atoms with Crippen molar-refractivity contribution in [1.82, 2.24) is 4.98 Å². The van der Waals surface area contributed by atoms with Gasteiger partial charge in [-0.3, -0.25) is 4.79 Å². The van der Waals surface area contributed by atoms with Gasteiger partial charge in [0.15, 0.2) is 0 Å². The first-order valence-corrected chi connectivity index (χ1v) is 6.17. The fraction of sp³-hybridized carbons (Fsp3) is 0.200. The van der Waals surface area contributed by atoms with E-state index in [9.17, 15) is 9.59 Å². The van der Waals surface area contributed by atoms with Gasteiger partial charge in [0.25, 0.3) is 0 Å². The van der Waals surface area contributed by atoms with Crippen molar-refractivity contribution in [2.75, 3.05) is 0 Å². The Labute approximate surface area is 110 Å². The van der Waals surface area contributed by atoms with Crippen molar-refractivity contribution in [1.29, 1.82) is 0 Å². The van der Waals surface area contributed by atoms with Gasteiger partial charge in [-0.1, -0.05) is 37.6 Å². The van der Waals surface area contributed by atoms with E-state index in [-0.39, 0.29) is 5.56 Å². The van der Waals surface area contributed by atoms with Crippen LogP contribution < -0.4 is 5.56 Å². The molecule has 0 spiro atoms. The second-order valence-electron chi connectivity index (χ2n) is 4.40. The van der Waals surface area contributed by atoms with Gasteiger partial charge in [0, 0.05) is 11.8 Å². The minimum absolute atomic E-state index is 0.00335. The number of benzene rings is 1. The molecule has 0 aliphatic heterocycles. The third-order valence-corrected chi connectivity index (χ3v) is 2.89. The molecule has 4 nitrogen and oxygen atoms in total. The number of carboxylic acid groups (broad SMARTS) is 1. The van der Waals surface area contributed by atoms with Crippen LogP contribution in [0.15, 0.2) is 41.2 Å². The van der Waals surface area contributed by atoms with Gasteiger partial charge in [0.2, 0.25) is 5.56 Å². The predicted molar refractivity (Wildman–Crippen MR) is 73.5 cm³/mol. The van der Waals surface area contributed by atoms with Crippen LogP contribution in [0, 0.1) is 0 Å². The van der Waals surface area contributed by atoms with Crippen LogP contribution in [-0.2, 0) is 6.42 Å². The van der Waals surface area contributed by atoms with E-state index >= 15 is 0 Å². The quantitative estimate of drug-likeness (QED) is 0.884. The van der Waals surface area contributed by atoms with Gasteiger partial charge in [-0.25, -0.2) is 4.79 Å². The number of hydrogen-bond acceptors (Lipinski definition) is 2. The summed E-state index contributed by atoms with van der Waals surface area (Å²) in [5.74, 6) is -1.10. The number of hydrogen-bond donors (Lipinski definition) is 2. The Morgan fingerprint density at radius 1 is 1.21 bits per heavy atom. The standard InChI is InChI=1S/C15H15NO3/c1-2-3-10-4-6-11(7-5-10)13-8-12(15(18)19)9-14(17)16-13/h4-9H,2-3H2,1H3,(H,16,17)(H,18,19). The lowest BCUT2D eigenvalue weighted by Gasteiger charge is -2.04. The summed E-state index contributed by atoms with van der Waals surface area (Å²) in [4.78, 5) is 25.0. The van der Waals surface area contributed by atoms with E-state index in [1.165, 1.54) is 11.6 Å². The molecule has 2 rings (SSSR count). The van der Waals surface area contributed by atoms with Crippen LogP contribution in [0.3, 0.4) is 0 Å². The smallest absolute Gasteiger partial charge is 0.335 e. The largest absolute Gasteiger partial charge is 0.478 e. The van der Waals surface area contributed by atoms with Gasteiger partial charge in [0.05, 0.1) is 5.56 Å². The summed E-state index contributed by atoms with van der Waals surface area (Å²) in [7, 11) is 0. The SMILES string of the molecule is CCCc1ccc(-c2cc(C(=O)O)cc(=O)[nH]2)cc1. The van der Waals surface area contributed by atoms with Crippen LogP contribution >= 0.6 is 0 Å². The molecule has 2 aromatic rings. The monoisotopic (exact) mass is 257 g/mol. The third-order valence-electron chi connectivity index (χ3n) is 2.89. The molecular weight excluding hydrogens is 242 g/mol. The van der Waals surface area contributed by atoms with Gasteiger partial charge < -0.3 is 10.1 Å². The molecule has 19 heavy (non-hydrogen) atoms. The minimum atomic E-state index is -1.10. The zero-order valence-corrected chi connectivity index (χ0v) is 10.6. The van der Waals surface area contributed by atoms with Crippen LogP contribution in [0.25, 0.3) is 11.3 Å². The molecule has 4 heteroatoms. The molecule has 0 amide bonds. The number of H-pyrrole nitrogens is 1. The van der Waals surface area contributed by atoms with Crippen molar-refractivity contribution in [3.05, 3.63) is 57.9 Å². The van der Waals surface area contributed by atoms with Gasteiger partial charge >= 0.3 is 5.97 Å². The fourth-order valence-electron chi connectivity index (χ4n) is 1.96. The highest BCUT2D eigenvalue weighted by atomic mass is 16.4. The Bertz CT molecular complexity index is 641. The molecule has 98 valence electrons. The predicted octanol–water partition coefficient (Wildman–Crippen LogP) is 2.69. The lowest BCUT2D eigenvalue weighted by molar-refractivity contribution is 0.0696. The van der Waals surface area contributed by atoms with Crippen LogP contribution in [-0.4, -0.2) is 16.1 Å². The van der Waals surface area contributed by atoms with Crippen molar-refractivity contribution in [3.63, 3.8) is 0 Å². The number of aromatic nitrogens is 1. The molecule has 1 aromatic carbocycles. The van der Waals surface area contributed by atoms with E-state index in [1.54, 1.807) is 0 Å². The molecule has 0 unspecified atom stereocenters. The van der Waals surface area contributed by atoms with Crippen LogP contribution in [0.1, 0.15) is 29.3 Å². The summed E-state index contributed by atoms with van der Waals surface area (Å²) in [6.07, 6.45) is 2.08. The summed E-state index contributed by atoms with van der Waals surface area (Å²) in [6.45, 7) is 2.11. The second-order valence-corrected chi connectivity index (χ2v) is 4.40. The maximum atomic E-state index is 11.4. The number of pyridine rings is 1. The number of carboxylic acids is 1. The van der Waals surface area contributed by atoms with Gasteiger partial charge in [-0.2, -0.15) is 0 Å². The van der Waals surface area contributed by atoms with Gasteiger partial charge in [-0.15, -0.1) is 0 Å². The first kappa shape index (κ1) is 13.1. The van der Waals surface area contributed by atoms with Crippen LogP contribution in [0.2, 0.25) is 0 Å². The zero-order chi connectivity index (χ0) is 13.8. The average molecular weight is 257 g/mol. The molecule has 0 aliphatic rings. The molecule has 0 saturated heterocycles. The maximum Gasteiger partial charge on any atom is 0.335 e. The lowest BCUT2D eigenvalue weighted by Crippen LogP contribution is -2.10. The van der Waals surface area contributed by atoms with Crippen LogP contribution in [0.4, 0.5) is 0 Å². The van der Waals surface area contributed by atoms with E-state index in [2.05, 4.69) is 11.9 Å². The first-order valence-electron chi connectivity index (χ1n) is 6.17. The normalized spacial score (nSPS) is 10.4. The van der Waals surface area contributed by atoms with E-state index in [0.717, 1.165) is 24.5 Å². The molecular formula is C15H15NO3. The van der Waals surface area contributed by atoms with Crippen molar-refractivity contribution >= 4 is 5.97 Å². The number of aromatic carboxylic acids is 1. The maximum absolute atomic E-state index is 11.4. The molecule has 1 heterocycles. The summed E-state index contributed by atoms with van der Waals surface area (Å²) < 4.78 is 0. The van der Waals surface area contributed by atoms with Gasteiger partial charge in [-0.05, 0) is 23.6 Å². The van der Waals surface area contributed by atoms with Crippen molar-refractivity contribution in [2.24, 2.45) is 0 Å². The van der Waals surface area contributed by atoms with Gasteiger partial charge in [0.1, 0.15) is 0 Å². The second kappa shape index (κ2) is 5.52. The summed E-state index contributed by atoms with van der Waals surface area (Å²) >= 11 is 0. The van der Waals surface area contributed by atoms with E-state index in [4.69, 9.17) is 5.11 Å². The van der Waals surface area contributed by atoms with Crippen molar-refractivity contribution in [2.45, 2.75) is 19.8 Å². The highest BCUT2D eigenvalue weighted by Gasteiger charge is 2.07. The van der Waals surface area contributed by atoms with Crippen LogP contribution in [0.5, 0.6) is 0 Å². The van der Waals surface area contributed by atoms with Crippen molar-refractivity contribution < 1.29 is 9.90 Å². The Balaban J connectivity index is 2.41. The summed E-state index contributed by atoms with van der Waals surface area (Å²) in [5, 5.41) is 8.94. The zero-order valence-electron chi connectivity index (χ0n) is 10.6. The van der Waals surface area contributed by atoms with E-state index in [1.807, 2.05) is 24.3 Å². The first-order chi connectivity index (χ1) is 9.10. The number of rotatable bonds is 4. The fourth-order valence-corrected chi connectivity index (χ4v) is 1.96. The topological polar surface area (TPSA) is 70.2 Å². The lowest BCUT2D eigenvalue weighted by atomic mass is 10.0. The number of nitrogens with one attached hydrogen (secondary N) is 1. The number of aryl methyl sites for hydroxylation is 1. The summed E-state index contributed by atoms with van der Waals surface area (Å²) in [5.41, 5.74) is 2.14. The van der Waals surface area contributed by atoms with E-state index in [0.29, 0.717) is 5.69 Å². The number of aromatic amines is 1. The highest BCUT2D eigenvalue weighted by molar-refractivity contribution is 5.88. The Hall–Kier alpha value is -2.36. The number of carbonyl (C=O) groups is 1. The highest BCUT2D eigenvalue weighted by Crippen LogP contribution is 2.18. The Kier molecular flexibility index (Phi) is 3.80.